The number of aliphatic hydroxyl groups excluding tert-OH is 1. The number of ether oxygens (including phenoxy) is 1. The van der Waals surface area contributed by atoms with E-state index in [-0.39, 0.29) is 0 Å². The largest absolute Gasteiger partial charge is 0.494 e. The highest BCUT2D eigenvalue weighted by atomic mass is 16.7. The molecule has 1 heterocycles. The first-order valence-electron chi connectivity index (χ1n) is 9.45. The smallest absolute Gasteiger partial charge is 0.444 e. The summed E-state index contributed by atoms with van der Waals surface area (Å²) in [5.41, 5.74) is 1.40. The zero-order valence-corrected chi connectivity index (χ0v) is 17.3. The van der Waals surface area contributed by atoms with Gasteiger partial charge < -0.3 is 24.5 Å². The third-order valence-electron chi connectivity index (χ3n) is 5.51. The van der Waals surface area contributed by atoms with Gasteiger partial charge in [-0.3, -0.25) is 0 Å². The van der Waals surface area contributed by atoms with E-state index in [1.54, 1.807) is 0 Å². The van der Waals surface area contributed by atoms with Crippen LogP contribution >= 0.6 is 0 Å². The van der Waals surface area contributed by atoms with E-state index in [1.807, 2.05) is 66.7 Å². The van der Waals surface area contributed by atoms with Crippen molar-refractivity contribution in [2.75, 3.05) is 0 Å². The minimum atomic E-state index is -0.693. The van der Waals surface area contributed by atoms with E-state index in [9.17, 15) is 9.90 Å². The molecule has 0 radical (unpaired) electrons. The summed E-state index contributed by atoms with van der Waals surface area (Å²) in [6.45, 7) is 13.5. The van der Waals surface area contributed by atoms with Crippen LogP contribution in [0.4, 0.5) is 4.79 Å². The van der Waals surface area contributed by atoms with Crippen LogP contribution in [0.25, 0.3) is 0 Å². The molecular weight excluding hydrogens is 345 g/mol. The molecule has 1 fully saturated rings. The van der Waals surface area contributed by atoms with Crippen LogP contribution in [0.15, 0.2) is 18.2 Å². The molecular formula is C20H30BNO5. The van der Waals surface area contributed by atoms with Crippen molar-refractivity contribution in [2.24, 2.45) is 0 Å². The normalized spacial score (nSPS) is 26.0. The number of rotatable bonds is 2. The molecule has 7 heteroatoms. The molecule has 1 saturated heterocycles. The van der Waals surface area contributed by atoms with Crippen LogP contribution in [-0.2, 0) is 20.5 Å². The molecule has 27 heavy (non-hydrogen) atoms. The zero-order valence-electron chi connectivity index (χ0n) is 17.3. The average Bonchev–Trinajstić information content (AvgIpc) is 2.90. The van der Waals surface area contributed by atoms with Crippen LogP contribution in [0.1, 0.15) is 65.6 Å². The fourth-order valence-electron chi connectivity index (χ4n) is 3.39. The molecule has 0 saturated carbocycles. The quantitative estimate of drug-likeness (QED) is 0.777. The van der Waals surface area contributed by atoms with Gasteiger partial charge in [-0.1, -0.05) is 18.2 Å². The molecule has 2 N–H and O–H groups in total. The fraction of sp³-hybridized carbons (Fsp3) is 0.650. The number of nitrogens with one attached hydrogen (secondary N) is 1. The number of alkyl carbamates (subject to hydrolysis) is 1. The average molecular weight is 375 g/mol. The Kier molecular flexibility index (Phi) is 4.86. The summed E-state index contributed by atoms with van der Waals surface area (Å²) in [4.78, 5) is 12.1. The first-order chi connectivity index (χ1) is 12.3. The molecule has 0 aromatic heterocycles. The van der Waals surface area contributed by atoms with Gasteiger partial charge in [0.25, 0.3) is 0 Å². The van der Waals surface area contributed by atoms with Crippen LogP contribution in [0.5, 0.6) is 0 Å². The van der Waals surface area contributed by atoms with Gasteiger partial charge in [0.15, 0.2) is 0 Å². The minimum absolute atomic E-state index is 0.406. The predicted molar refractivity (Wildman–Crippen MR) is 104 cm³/mol. The minimum Gasteiger partial charge on any atom is -0.444 e. The zero-order chi connectivity index (χ0) is 20.2. The molecule has 148 valence electrons. The van der Waals surface area contributed by atoms with E-state index < -0.39 is 42.2 Å². The number of benzene rings is 1. The summed E-state index contributed by atoms with van der Waals surface area (Å²) in [5.74, 6) is 0. The number of fused-ring (bicyclic) bond motifs is 1. The fourth-order valence-corrected chi connectivity index (χ4v) is 3.39. The van der Waals surface area contributed by atoms with E-state index >= 15 is 0 Å². The first-order valence-corrected chi connectivity index (χ1v) is 9.45. The van der Waals surface area contributed by atoms with E-state index in [2.05, 4.69) is 5.32 Å². The lowest BCUT2D eigenvalue weighted by Crippen LogP contribution is -2.41. The summed E-state index contributed by atoms with van der Waals surface area (Å²) in [6, 6.07) is 5.37. The Hall–Kier alpha value is -1.57. The SMILES string of the molecule is CC(C)(C)OC(=O)NC1c2ccc(B3OC(C)(C)C(C)(C)O3)cc2CC1O. The number of hydrogen-bond acceptors (Lipinski definition) is 5. The summed E-state index contributed by atoms with van der Waals surface area (Å²) >= 11 is 0. The Bertz CT molecular complexity index is 724. The molecule has 2 atom stereocenters. The second-order valence-electron chi connectivity index (χ2n) is 9.44. The Morgan fingerprint density at radius 2 is 1.81 bits per heavy atom. The maximum absolute atomic E-state index is 12.1. The Labute approximate surface area is 161 Å². The number of hydrogen-bond donors (Lipinski definition) is 2. The molecule has 1 aromatic carbocycles. The van der Waals surface area contributed by atoms with Gasteiger partial charge in [-0.25, -0.2) is 4.79 Å². The van der Waals surface area contributed by atoms with Gasteiger partial charge in [-0.2, -0.15) is 0 Å². The Morgan fingerprint density at radius 1 is 1.22 bits per heavy atom. The predicted octanol–water partition coefficient (Wildman–Crippen LogP) is 2.47. The van der Waals surface area contributed by atoms with Crippen LogP contribution < -0.4 is 10.8 Å². The number of amides is 1. The maximum atomic E-state index is 12.1. The number of aliphatic hydroxyl groups is 1. The van der Waals surface area contributed by atoms with Crippen molar-refractivity contribution in [1.29, 1.82) is 0 Å². The van der Waals surface area contributed by atoms with Crippen molar-refractivity contribution >= 4 is 18.7 Å². The molecule has 6 nitrogen and oxygen atoms in total. The molecule has 0 spiro atoms. The van der Waals surface area contributed by atoms with Crippen LogP contribution in [0, 0.1) is 0 Å². The molecule has 1 aliphatic carbocycles. The second-order valence-corrected chi connectivity index (χ2v) is 9.44. The molecule has 0 bridgehead atoms. The monoisotopic (exact) mass is 375 g/mol. The van der Waals surface area contributed by atoms with Crippen molar-refractivity contribution < 1.29 is 23.9 Å². The standard InChI is InChI=1S/C20H30BNO5/c1-18(2,3)25-17(24)22-16-14-9-8-13(10-12(14)11-15(16)23)21-26-19(4,5)20(6,7)27-21/h8-10,15-16,23H,11H2,1-7H3,(H,22,24). The lowest BCUT2D eigenvalue weighted by Gasteiger charge is -2.32. The number of carbonyl (C=O) groups is 1. The van der Waals surface area contributed by atoms with E-state index in [4.69, 9.17) is 14.0 Å². The summed E-state index contributed by atoms with van der Waals surface area (Å²) in [7, 11) is -0.449. The Morgan fingerprint density at radius 3 is 2.37 bits per heavy atom. The van der Waals surface area contributed by atoms with Gasteiger partial charge >= 0.3 is 13.2 Å². The van der Waals surface area contributed by atoms with E-state index in [0.717, 1.165) is 16.6 Å². The van der Waals surface area contributed by atoms with Gasteiger partial charge in [0.05, 0.1) is 23.3 Å². The molecule has 1 aromatic rings. The number of carbonyl (C=O) groups excluding carboxylic acids is 1. The maximum Gasteiger partial charge on any atom is 0.494 e. The topological polar surface area (TPSA) is 77.0 Å². The molecule has 1 aliphatic heterocycles. The third-order valence-corrected chi connectivity index (χ3v) is 5.51. The van der Waals surface area contributed by atoms with E-state index in [0.29, 0.717) is 6.42 Å². The summed E-state index contributed by atoms with van der Waals surface area (Å²) in [5, 5.41) is 13.2. The molecule has 1 amide bonds. The Balaban J connectivity index is 1.77. The summed E-state index contributed by atoms with van der Waals surface area (Å²) < 4.78 is 17.5. The highest BCUT2D eigenvalue weighted by Crippen LogP contribution is 2.37. The highest BCUT2D eigenvalue weighted by Gasteiger charge is 2.52. The first kappa shape index (κ1) is 20.2. The van der Waals surface area contributed by atoms with Crippen molar-refractivity contribution in [3.63, 3.8) is 0 Å². The second kappa shape index (κ2) is 6.50. The van der Waals surface area contributed by atoms with Gasteiger partial charge in [-0.15, -0.1) is 0 Å². The van der Waals surface area contributed by atoms with E-state index in [1.165, 1.54) is 0 Å². The van der Waals surface area contributed by atoms with Gasteiger partial charge in [0.2, 0.25) is 0 Å². The van der Waals surface area contributed by atoms with Gasteiger partial charge in [0, 0.05) is 6.42 Å². The van der Waals surface area contributed by atoms with Crippen molar-refractivity contribution in [2.45, 2.75) is 83.8 Å². The van der Waals surface area contributed by atoms with Crippen molar-refractivity contribution in [1.82, 2.24) is 5.32 Å². The molecule has 2 aliphatic rings. The van der Waals surface area contributed by atoms with Crippen LogP contribution in [0.3, 0.4) is 0 Å². The van der Waals surface area contributed by atoms with Gasteiger partial charge in [-0.05, 0) is 65.1 Å². The molecule has 3 rings (SSSR count). The summed E-state index contributed by atoms with van der Waals surface area (Å²) in [6.07, 6.45) is -0.765. The van der Waals surface area contributed by atoms with Crippen LogP contribution in [0.2, 0.25) is 0 Å². The van der Waals surface area contributed by atoms with Crippen molar-refractivity contribution in [3.8, 4) is 0 Å². The lowest BCUT2D eigenvalue weighted by molar-refractivity contribution is 0.00578. The lowest BCUT2D eigenvalue weighted by atomic mass is 9.78. The highest BCUT2D eigenvalue weighted by molar-refractivity contribution is 6.62. The van der Waals surface area contributed by atoms with Crippen LogP contribution in [-0.4, -0.2) is 41.2 Å². The third kappa shape index (κ3) is 4.00. The van der Waals surface area contributed by atoms with Crippen molar-refractivity contribution in [3.05, 3.63) is 29.3 Å². The van der Waals surface area contributed by atoms with Gasteiger partial charge in [0.1, 0.15) is 5.60 Å². The molecule has 2 unspecified atom stereocenters.